The molecule has 102 valence electrons. The van der Waals surface area contributed by atoms with Gasteiger partial charge in [0, 0.05) is 28.6 Å². The predicted octanol–water partition coefficient (Wildman–Crippen LogP) is 3.04. The maximum atomic E-state index is 12.1. The quantitative estimate of drug-likeness (QED) is 0.852. The molecule has 0 spiro atoms. The monoisotopic (exact) mass is 277 g/mol. The van der Waals surface area contributed by atoms with E-state index >= 15 is 0 Å². The normalized spacial score (nSPS) is 12.5. The van der Waals surface area contributed by atoms with Crippen molar-refractivity contribution in [1.29, 1.82) is 0 Å². The summed E-state index contributed by atoms with van der Waals surface area (Å²) in [5, 5.41) is 14.7. The van der Waals surface area contributed by atoms with E-state index in [1.54, 1.807) is 11.3 Å². The van der Waals surface area contributed by atoms with Crippen LogP contribution in [0, 0.1) is 5.92 Å². The number of thiophene rings is 1. The lowest BCUT2D eigenvalue weighted by Gasteiger charge is -2.11. The van der Waals surface area contributed by atoms with Gasteiger partial charge in [-0.05, 0) is 24.8 Å². The minimum absolute atomic E-state index is 0.00621. The molecule has 0 saturated carbocycles. The maximum Gasteiger partial charge on any atom is 0.252 e. The molecule has 1 heterocycles. The molecule has 19 heavy (non-hydrogen) atoms. The number of amides is 1. The van der Waals surface area contributed by atoms with Gasteiger partial charge in [0.15, 0.2) is 0 Å². The molecule has 0 unspecified atom stereocenters. The lowest BCUT2D eigenvalue weighted by atomic mass is 10.1. The Labute approximate surface area is 117 Å². The molecular weight excluding hydrogens is 258 g/mol. The Morgan fingerprint density at radius 1 is 1.42 bits per heavy atom. The van der Waals surface area contributed by atoms with E-state index in [1.165, 1.54) is 0 Å². The number of nitrogens with one attached hydrogen (secondary N) is 1. The second-order valence-electron chi connectivity index (χ2n) is 4.83. The van der Waals surface area contributed by atoms with Gasteiger partial charge >= 0.3 is 0 Å². The number of carbonyl (C=O) groups is 1. The van der Waals surface area contributed by atoms with E-state index in [4.69, 9.17) is 5.11 Å². The highest BCUT2D eigenvalue weighted by atomic mass is 32.1. The lowest BCUT2D eigenvalue weighted by Crippen LogP contribution is -2.28. The molecular formula is C15H19NO2S. The van der Waals surface area contributed by atoms with Gasteiger partial charge in [-0.3, -0.25) is 4.79 Å². The lowest BCUT2D eigenvalue weighted by molar-refractivity contribution is 0.0949. The van der Waals surface area contributed by atoms with Crippen LogP contribution in [0.25, 0.3) is 10.1 Å². The average Bonchev–Trinajstić information content (AvgIpc) is 2.86. The molecule has 0 saturated heterocycles. The second-order valence-corrected chi connectivity index (χ2v) is 5.74. The molecule has 0 aliphatic carbocycles. The fourth-order valence-electron chi connectivity index (χ4n) is 2.06. The number of aliphatic hydroxyl groups is 1. The smallest absolute Gasteiger partial charge is 0.252 e. The SMILES string of the molecule is C[C@@H](CCCO)CNC(=O)c1csc2ccccc12. The van der Waals surface area contributed by atoms with Crippen LogP contribution in [0.5, 0.6) is 0 Å². The summed E-state index contributed by atoms with van der Waals surface area (Å²) in [5.74, 6) is 0.384. The van der Waals surface area contributed by atoms with Crippen molar-refractivity contribution in [3.63, 3.8) is 0 Å². The van der Waals surface area contributed by atoms with Crippen molar-refractivity contribution in [3.8, 4) is 0 Å². The van der Waals surface area contributed by atoms with Crippen LogP contribution in [0.4, 0.5) is 0 Å². The van der Waals surface area contributed by atoms with Gasteiger partial charge in [-0.2, -0.15) is 0 Å². The van der Waals surface area contributed by atoms with Crippen LogP contribution in [-0.2, 0) is 0 Å². The van der Waals surface area contributed by atoms with Gasteiger partial charge < -0.3 is 10.4 Å². The van der Waals surface area contributed by atoms with Gasteiger partial charge in [0.25, 0.3) is 5.91 Å². The molecule has 1 aromatic heterocycles. The number of carbonyl (C=O) groups excluding carboxylic acids is 1. The second kappa shape index (κ2) is 6.68. The Morgan fingerprint density at radius 2 is 2.21 bits per heavy atom. The van der Waals surface area contributed by atoms with E-state index in [9.17, 15) is 4.79 Å². The summed E-state index contributed by atoms with van der Waals surface area (Å²) in [6.45, 7) is 2.96. The van der Waals surface area contributed by atoms with Crippen LogP contribution >= 0.6 is 11.3 Å². The predicted molar refractivity (Wildman–Crippen MR) is 79.6 cm³/mol. The molecule has 2 aromatic rings. The summed E-state index contributed by atoms with van der Waals surface area (Å²) in [6, 6.07) is 7.95. The first-order valence-electron chi connectivity index (χ1n) is 6.57. The van der Waals surface area contributed by atoms with Crippen molar-refractivity contribution < 1.29 is 9.90 Å². The molecule has 4 heteroatoms. The van der Waals surface area contributed by atoms with Crippen molar-refractivity contribution in [3.05, 3.63) is 35.2 Å². The zero-order valence-corrected chi connectivity index (χ0v) is 11.9. The highest BCUT2D eigenvalue weighted by molar-refractivity contribution is 7.17. The Hall–Kier alpha value is -1.39. The van der Waals surface area contributed by atoms with Crippen LogP contribution in [0.3, 0.4) is 0 Å². The van der Waals surface area contributed by atoms with E-state index in [-0.39, 0.29) is 12.5 Å². The Balaban J connectivity index is 1.96. The molecule has 0 radical (unpaired) electrons. The molecule has 0 fully saturated rings. The summed E-state index contributed by atoms with van der Waals surface area (Å²) in [4.78, 5) is 12.1. The van der Waals surface area contributed by atoms with Crippen LogP contribution in [0.2, 0.25) is 0 Å². The molecule has 3 nitrogen and oxygen atoms in total. The van der Waals surface area contributed by atoms with E-state index in [2.05, 4.69) is 12.2 Å². The highest BCUT2D eigenvalue weighted by Gasteiger charge is 2.12. The number of fused-ring (bicyclic) bond motifs is 1. The fraction of sp³-hybridized carbons (Fsp3) is 0.400. The first kappa shape index (κ1) is 14.0. The molecule has 2 rings (SSSR count). The topological polar surface area (TPSA) is 49.3 Å². The molecule has 0 aliphatic heterocycles. The number of aliphatic hydroxyl groups excluding tert-OH is 1. The standard InChI is InChI=1S/C15H19NO2S/c1-11(5-4-8-17)9-16-15(18)13-10-19-14-7-3-2-6-12(13)14/h2-3,6-7,10-11,17H,4-5,8-9H2,1H3,(H,16,18)/t11-/m0/s1. The number of hydrogen-bond donors (Lipinski definition) is 2. The van der Waals surface area contributed by atoms with Crippen LogP contribution in [0.15, 0.2) is 29.6 Å². The number of hydrogen-bond acceptors (Lipinski definition) is 3. The molecule has 0 bridgehead atoms. The van der Waals surface area contributed by atoms with Crippen molar-refractivity contribution in [2.24, 2.45) is 5.92 Å². The van der Waals surface area contributed by atoms with Gasteiger partial charge in [0.05, 0.1) is 5.56 Å². The third-order valence-electron chi connectivity index (χ3n) is 3.19. The van der Waals surface area contributed by atoms with Crippen molar-refractivity contribution >= 4 is 27.3 Å². The maximum absolute atomic E-state index is 12.1. The molecule has 1 amide bonds. The average molecular weight is 277 g/mol. The summed E-state index contributed by atoms with van der Waals surface area (Å²) < 4.78 is 1.14. The van der Waals surface area contributed by atoms with E-state index in [0.717, 1.165) is 28.5 Å². The molecule has 0 aliphatic rings. The van der Waals surface area contributed by atoms with Gasteiger partial charge in [0.2, 0.25) is 0 Å². The van der Waals surface area contributed by atoms with E-state index in [0.29, 0.717) is 12.5 Å². The third-order valence-corrected chi connectivity index (χ3v) is 4.16. The molecule has 1 atom stereocenters. The van der Waals surface area contributed by atoms with Crippen LogP contribution < -0.4 is 5.32 Å². The van der Waals surface area contributed by atoms with Crippen molar-refractivity contribution in [1.82, 2.24) is 5.32 Å². The summed E-state index contributed by atoms with van der Waals surface area (Å²) >= 11 is 1.60. The van der Waals surface area contributed by atoms with Gasteiger partial charge in [-0.25, -0.2) is 0 Å². The summed E-state index contributed by atoms with van der Waals surface area (Å²) in [7, 11) is 0. The van der Waals surface area contributed by atoms with Crippen LogP contribution in [-0.4, -0.2) is 24.2 Å². The van der Waals surface area contributed by atoms with E-state index < -0.39 is 0 Å². The highest BCUT2D eigenvalue weighted by Crippen LogP contribution is 2.25. The van der Waals surface area contributed by atoms with Crippen molar-refractivity contribution in [2.75, 3.05) is 13.2 Å². The zero-order chi connectivity index (χ0) is 13.7. The summed E-state index contributed by atoms with van der Waals surface area (Å²) in [5.41, 5.74) is 0.759. The third kappa shape index (κ3) is 3.55. The Morgan fingerprint density at radius 3 is 3.00 bits per heavy atom. The molecule has 1 aromatic carbocycles. The Bertz CT molecular complexity index is 550. The number of benzene rings is 1. The Kier molecular flexibility index (Phi) is 4.93. The van der Waals surface area contributed by atoms with E-state index in [1.807, 2.05) is 29.6 Å². The van der Waals surface area contributed by atoms with Crippen molar-refractivity contribution in [2.45, 2.75) is 19.8 Å². The molecule has 2 N–H and O–H groups in total. The number of rotatable bonds is 6. The zero-order valence-electron chi connectivity index (χ0n) is 11.1. The first-order chi connectivity index (χ1) is 9.22. The van der Waals surface area contributed by atoms with Gasteiger partial charge in [-0.15, -0.1) is 11.3 Å². The fourth-order valence-corrected chi connectivity index (χ4v) is 3.00. The minimum Gasteiger partial charge on any atom is -0.396 e. The first-order valence-corrected chi connectivity index (χ1v) is 7.45. The minimum atomic E-state index is -0.00621. The van der Waals surface area contributed by atoms with Gasteiger partial charge in [0.1, 0.15) is 0 Å². The van der Waals surface area contributed by atoms with Gasteiger partial charge in [-0.1, -0.05) is 25.1 Å². The largest absolute Gasteiger partial charge is 0.396 e. The van der Waals surface area contributed by atoms with Crippen LogP contribution in [0.1, 0.15) is 30.1 Å². The summed E-state index contributed by atoms with van der Waals surface area (Å²) in [6.07, 6.45) is 1.72.